The highest BCUT2D eigenvalue weighted by molar-refractivity contribution is 8.18. The first kappa shape index (κ1) is 31.2. The lowest BCUT2D eigenvalue weighted by Gasteiger charge is -2.36. The van der Waals surface area contributed by atoms with Crippen molar-refractivity contribution in [2.45, 2.75) is 25.9 Å². The van der Waals surface area contributed by atoms with E-state index in [1.54, 1.807) is 18.2 Å². The Kier molecular flexibility index (Phi) is 8.82. The largest absolute Gasteiger partial charge is 0.493 e. The molecule has 44 heavy (non-hydrogen) atoms. The summed E-state index contributed by atoms with van der Waals surface area (Å²) in [5, 5.41) is 0.599. The average Bonchev–Trinajstić information content (AvgIpc) is 3.35. The lowest BCUT2D eigenvalue weighted by atomic mass is 10.0. The van der Waals surface area contributed by atoms with Crippen molar-refractivity contribution < 1.29 is 40.6 Å². The molecule has 5 rings (SSSR count). The predicted molar refractivity (Wildman–Crippen MR) is 155 cm³/mol. The van der Waals surface area contributed by atoms with Crippen LogP contribution in [0.2, 0.25) is 0 Å². The van der Waals surface area contributed by atoms with Gasteiger partial charge in [-0.15, -0.1) is 0 Å². The summed E-state index contributed by atoms with van der Waals surface area (Å²) in [6, 6.07) is 11.8. The standard InChI is InChI=1S/C30H26F6N4O3S/c1-18-4-3-5-26(37-18)39-10-12-40(13-11-39)28-38-27(41)25(44-28)15-19-6-9-23(24(14-19)42-2)43-17-20-7-8-21(29(31,32)33)16-22(20)30(34,35)36/h3-9,14-16H,10-13,17H2,1-2H3/b25-15-. The first-order chi connectivity index (χ1) is 20.8. The molecule has 0 saturated carbocycles. The number of methoxy groups -OCH3 is 1. The molecule has 3 aromatic rings. The van der Waals surface area contributed by atoms with Crippen LogP contribution in [0, 0.1) is 6.92 Å². The Balaban J connectivity index is 1.24. The number of alkyl halides is 6. The number of aromatic nitrogens is 1. The van der Waals surface area contributed by atoms with Crippen LogP contribution in [0.1, 0.15) is 27.9 Å². The van der Waals surface area contributed by atoms with Gasteiger partial charge in [0.2, 0.25) is 0 Å². The number of thioether (sulfide) groups is 1. The van der Waals surface area contributed by atoms with E-state index in [1.165, 1.54) is 24.9 Å². The average molecular weight is 637 g/mol. The molecule has 0 spiro atoms. The van der Waals surface area contributed by atoms with Crippen LogP contribution < -0.4 is 14.4 Å². The summed E-state index contributed by atoms with van der Waals surface area (Å²) in [5.41, 5.74) is -1.81. The molecule has 0 N–H and O–H groups in total. The topological polar surface area (TPSA) is 67.3 Å². The van der Waals surface area contributed by atoms with E-state index in [0.717, 1.165) is 30.7 Å². The molecule has 0 radical (unpaired) electrons. The van der Waals surface area contributed by atoms with E-state index in [2.05, 4.69) is 14.9 Å². The molecule has 1 aromatic heterocycles. The second kappa shape index (κ2) is 12.4. The van der Waals surface area contributed by atoms with Gasteiger partial charge < -0.3 is 19.3 Å². The smallest absolute Gasteiger partial charge is 0.416 e. The van der Waals surface area contributed by atoms with E-state index in [4.69, 9.17) is 9.47 Å². The number of anilines is 1. The molecule has 2 aromatic carbocycles. The number of amidine groups is 1. The Morgan fingerprint density at radius 2 is 1.64 bits per heavy atom. The summed E-state index contributed by atoms with van der Waals surface area (Å²) in [5.74, 6) is 0.751. The predicted octanol–water partition coefficient (Wildman–Crippen LogP) is 6.81. The van der Waals surface area contributed by atoms with Crippen LogP contribution in [0.3, 0.4) is 0 Å². The van der Waals surface area contributed by atoms with Gasteiger partial charge in [-0.2, -0.15) is 31.3 Å². The molecular weight excluding hydrogens is 610 g/mol. The minimum atomic E-state index is -5.02. The molecule has 2 aliphatic rings. The fourth-order valence-electron chi connectivity index (χ4n) is 4.71. The molecule has 232 valence electrons. The van der Waals surface area contributed by atoms with E-state index in [-0.39, 0.29) is 17.6 Å². The van der Waals surface area contributed by atoms with Gasteiger partial charge in [-0.25, -0.2) is 4.98 Å². The van der Waals surface area contributed by atoms with Crippen molar-refractivity contribution in [3.63, 3.8) is 0 Å². The summed E-state index contributed by atoms with van der Waals surface area (Å²) in [4.78, 5) is 26.1. The lowest BCUT2D eigenvalue weighted by molar-refractivity contribution is -0.143. The quantitative estimate of drug-likeness (QED) is 0.218. The summed E-state index contributed by atoms with van der Waals surface area (Å²) in [7, 11) is 1.33. The van der Waals surface area contributed by atoms with Crippen molar-refractivity contribution in [3.8, 4) is 11.5 Å². The minimum Gasteiger partial charge on any atom is -0.493 e. The fourth-order valence-corrected chi connectivity index (χ4v) is 5.67. The number of aryl methyl sites for hydroxylation is 1. The number of rotatable bonds is 6. The van der Waals surface area contributed by atoms with Crippen molar-refractivity contribution >= 4 is 34.7 Å². The van der Waals surface area contributed by atoms with E-state index < -0.39 is 41.6 Å². The van der Waals surface area contributed by atoms with E-state index in [0.29, 0.717) is 34.8 Å². The maximum atomic E-state index is 13.5. The van der Waals surface area contributed by atoms with Crippen molar-refractivity contribution in [3.05, 3.63) is 87.5 Å². The molecule has 1 saturated heterocycles. The van der Waals surface area contributed by atoms with Crippen molar-refractivity contribution in [2.24, 2.45) is 4.99 Å². The zero-order valence-corrected chi connectivity index (χ0v) is 24.3. The molecule has 0 aliphatic carbocycles. The summed E-state index contributed by atoms with van der Waals surface area (Å²) in [6.45, 7) is 4.06. The molecule has 0 unspecified atom stereocenters. The number of halogens is 6. The zero-order valence-electron chi connectivity index (χ0n) is 23.5. The highest BCUT2D eigenvalue weighted by atomic mass is 32.2. The summed E-state index contributed by atoms with van der Waals surface area (Å²) in [6.07, 6.45) is -8.31. The molecular formula is C30H26F6N4O3S. The van der Waals surface area contributed by atoms with Gasteiger partial charge >= 0.3 is 12.4 Å². The summed E-state index contributed by atoms with van der Waals surface area (Å²) < 4.78 is 90.4. The van der Waals surface area contributed by atoms with Crippen LogP contribution in [-0.4, -0.2) is 54.2 Å². The van der Waals surface area contributed by atoms with E-state index >= 15 is 0 Å². The highest BCUT2D eigenvalue weighted by Gasteiger charge is 2.38. The number of pyridine rings is 1. The molecule has 1 amide bonds. The van der Waals surface area contributed by atoms with Gasteiger partial charge in [0.1, 0.15) is 12.4 Å². The molecule has 3 heterocycles. The number of benzene rings is 2. The van der Waals surface area contributed by atoms with Crippen molar-refractivity contribution in [2.75, 3.05) is 38.2 Å². The number of carbonyl (C=O) groups excluding carboxylic acids is 1. The Hall–Kier alpha value is -4.20. The van der Waals surface area contributed by atoms with Crippen LogP contribution in [0.5, 0.6) is 11.5 Å². The molecule has 14 heteroatoms. The number of hydrogen-bond donors (Lipinski definition) is 0. The summed E-state index contributed by atoms with van der Waals surface area (Å²) >= 11 is 1.25. The zero-order chi connectivity index (χ0) is 31.6. The third kappa shape index (κ3) is 7.12. The number of ether oxygens (including phenoxy) is 2. The van der Waals surface area contributed by atoms with Gasteiger partial charge in [-0.1, -0.05) is 18.2 Å². The lowest BCUT2D eigenvalue weighted by Crippen LogP contribution is -2.48. The Morgan fingerprint density at radius 3 is 2.30 bits per heavy atom. The third-order valence-electron chi connectivity index (χ3n) is 6.97. The number of carbonyl (C=O) groups is 1. The normalized spacial score (nSPS) is 16.9. The van der Waals surface area contributed by atoms with Gasteiger partial charge in [0.05, 0.1) is 23.1 Å². The van der Waals surface area contributed by atoms with Crippen molar-refractivity contribution in [1.29, 1.82) is 0 Å². The van der Waals surface area contributed by atoms with Gasteiger partial charge in [-0.05, 0) is 66.7 Å². The van der Waals surface area contributed by atoms with Crippen molar-refractivity contribution in [1.82, 2.24) is 9.88 Å². The van der Waals surface area contributed by atoms with Crippen LogP contribution in [0.25, 0.3) is 6.08 Å². The minimum absolute atomic E-state index is 0.0685. The number of nitrogens with zero attached hydrogens (tertiary/aromatic N) is 4. The van der Waals surface area contributed by atoms with E-state index in [1.807, 2.05) is 30.0 Å². The Labute approximate surface area is 253 Å². The third-order valence-corrected chi connectivity index (χ3v) is 8.01. The van der Waals surface area contributed by atoms with Gasteiger partial charge in [0.15, 0.2) is 16.7 Å². The van der Waals surface area contributed by atoms with Crippen LogP contribution in [-0.2, 0) is 23.8 Å². The maximum Gasteiger partial charge on any atom is 0.416 e. The number of piperazine rings is 1. The van der Waals surface area contributed by atoms with Crippen LogP contribution in [0.4, 0.5) is 32.2 Å². The second-order valence-electron chi connectivity index (χ2n) is 9.99. The number of amides is 1. The van der Waals surface area contributed by atoms with Crippen LogP contribution >= 0.6 is 11.8 Å². The molecule has 0 bridgehead atoms. The van der Waals surface area contributed by atoms with Gasteiger partial charge in [0.25, 0.3) is 5.91 Å². The van der Waals surface area contributed by atoms with Gasteiger partial charge in [0, 0.05) is 37.4 Å². The Morgan fingerprint density at radius 1 is 0.909 bits per heavy atom. The molecule has 1 fully saturated rings. The monoisotopic (exact) mass is 636 g/mol. The maximum absolute atomic E-state index is 13.5. The van der Waals surface area contributed by atoms with Crippen LogP contribution in [0.15, 0.2) is 64.5 Å². The van der Waals surface area contributed by atoms with Gasteiger partial charge in [-0.3, -0.25) is 4.79 Å². The second-order valence-corrected chi connectivity index (χ2v) is 11.0. The highest BCUT2D eigenvalue weighted by Crippen LogP contribution is 2.39. The number of aliphatic imine (C=N–C) groups is 1. The molecule has 7 nitrogen and oxygen atoms in total. The fraction of sp³-hybridized carbons (Fsp3) is 0.300. The number of hydrogen-bond acceptors (Lipinski definition) is 7. The SMILES string of the molecule is COc1cc(/C=C2\SC(N3CCN(c4cccc(C)n4)CC3)=NC2=O)ccc1OCc1ccc(C(F)(F)F)cc1C(F)(F)F. The molecule has 0 atom stereocenters. The first-order valence-electron chi connectivity index (χ1n) is 13.4. The Bertz CT molecular complexity index is 1610. The van der Waals surface area contributed by atoms with E-state index in [9.17, 15) is 31.1 Å². The first-order valence-corrected chi connectivity index (χ1v) is 14.2. The molecule has 2 aliphatic heterocycles.